The molecule has 0 amide bonds. The third-order valence-corrected chi connectivity index (χ3v) is 2.68. The van der Waals surface area contributed by atoms with Crippen molar-refractivity contribution in [3.05, 3.63) is 34.8 Å². The summed E-state index contributed by atoms with van der Waals surface area (Å²) in [6, 6.07) is 1.98. The maximum atomic E-state index is 4.23. The Labute approximate surface area is 102 Å². The molecule has 0 spiro atoms. The molecule has 5 nitrogen and oxygen atoms in total. The molecule has 2 heterocycles. The van der Waals surface area contributed by atoms with Crippen LogP contribution in [0.1, 0.15) is 5.69 Å². The number of anilines is 1. The minimum atomic E-state index is 0.699. The van der Waals surface area contributed by atoms with E-state index in [0.717, 1.165) is 16.7 Å². The number of aryl methyl sites for hydroxylation is 1. The minimum Gasteiger partial charge on any atom is -0.338 e. The molecule has 84 valence electrons. The fraction of sp³-hybridized carbons (Fsp3) is 0.300. The van der Waals surface area contributed by atoms with Gasteiger partial charge < -0.3 is 4.90 Å². The van der Waals surface area contributed by atoms with E-state index in [1.165, 1.54) is 0 Å². The summed E-state index contributed by atoms with van der Waals surface area (Å²) in [6.07, 6.45) is 5.26. The van der Waals surface area contributed by atoms with Crippen LogP contribution in [0.2, 0.25) is 0 Å². The summed E-state index contributed by atoms with van der Waals surface area (Å²) in [4.78, 5) is 10.4. The normalized spacial score (nSPS) is 10.4. The van der Waals surface area contributed by atoms with Gasteiger partial charge in [0.05, 0.1) is 16.7 Å². The molecule has 0 atom stereocenters. The Kier molecular flexibility index (Phi) is 3.19. The first-order valence-electron chi connectivity index (χ1n) is 4.82. The number of rotatable bonds is 3. The number of hydrogen-bond acceptors (Lipinski definition) is 4. The van der Waals surface area contributed by atoms with Crippen LogP contribution in [0.5, 0.6) is 0 Å². The van der Waals surface area contributed by atoms with Crippen LogP contribution in [0.25, 0.3) is 0 Å². The van der Waals surface area contributed by atoms with E-state index in [-0.39, 0.29) is 0 Å². The Morgan fingerprint density at radius 1 is 1.38 bits per heavy atom. The Hall–Kier alpha value is -1.43. The first-order valence-corrected chi connectivity index (χ1v) is 5.61. The SMILES string of the molecule is CN(Cc1ccnn1C)c1ncc(Br)cn1. The molecule has 0 aliphatic rings. The van der Waals surface area contributed by atoms with Crippen LogP contribution in [0.3, 0.4) is 0 Å². The smallest absolute Gasteiger partial charge is 0.225 e. The highest BCUT2D eigenvalue weighted by atomic mass is 79.9. The third kappa shape index (κ3) is 2.38. The van der Waals surface area contributed by atoms with Crippen molar-refractivity contribution in [3.63, 3.8) is 0 Å². The van der Waals surface area contributed by atoms with Gasteiger partial charge in [0.25, 0.3) is 0 Å². The molecule has 6 heteroatoms. The fourth-order valence-electron chi connectivity index (χ4n) is 1.37. The quantitative estimate of drug-likeness (QED) is 0.858. The molecule has 0 radical (unpaired) electrons. The molecule has 2 aromatic heterocycles. The van der Waals surface area contributed by atoms with E-state index in [1.54, 1.807) is 18.6 Å². The molecule has 2 rings (SSSR count). The lowest BCUT2D eigenvalue weighted by Gasteiger charge is -2.16. The van der Waals surface area contributed by atoms with Crippen LogP contribution in [-0.4, -0.2) is 26.8 Å². The largest absolute Gasteiger partial charge is 0.338 e. The lowest BCUT2D eigenvalue weighted by Crippen LogP contribution is -2.20. The van der Waals surface area contributed by atoms with Gasteiger partial charge in [-0.05, 0) is 22.0 Å². The maximum Gasteiger partial charge on any atom is 0.225 e. The minimum absolute atomic E-state index is 0.699. The van der Waals surface area contributed by atoms with Crippen molar-refractivity contribution in [1.82, 2.24) is 19.7 Å². The van der Waals surface area contributed by atoms with E-state index in [9.17, 15) is 0 Å². The van der Waals surface area contributed by atoms with Crippen molar-refractivity contribution in [2.24, 2.45) is 7.05 Å². The number of aromatic nitrogens is 4. The van der Waals surface area contributed by atoms with Crippen LogP contribution in [0.15, 0.2) is 29.1 Å². The fourth-order valence-corrected chi connectivity index (χ4v) is 1.58. The van der Waals surface area contributed by atoms with Crippen molar-refractivity contribution in [3.8, 4) is 0 Å². The molecule has 0 aromatic carbocycles. The summed E-state index contributed by atoms with van der Waals surface area (Å²) in [6.45, 7) is 0.734. The first-order chi connectivity index (χ1) is 7.66. The van der Waals surface area contributed by atoms with E-state index in [2.05, 4.69) is 31.0 Å². The number of halogens is 1. The Balaban J connectivity index is 2.11. The lowest BCUT2D eigenvalue weighted by molar-refractivity contribution is 0.693. The highest BCUT2D eigenvalue weighted by Crippen LogP contribution is 2.11. The average Bonchev–Trinajstić information content (AvgIpc) is 2.65. The zero-order valence-electron chi connectivity index (χ0n) is 9.13. The molecule has 0 aliphatic heterocycles. The van der Waals surface area contributed by atoms with Crippen molar-refractivity contribution >= 4 is 21.9 Å². The second-order valence-corrected chi connectivity index (χ2v) is 4.42. The van der Waals surface area contributed by atoms with E-state index < -0.39 is 0 Å². The molecule has 0 bridgehead atoms. The van der Waals surface area contributed by atoms with E-state index in [1.807, 2.05) is 29.7 Å². The highest BCUT2D eigenvalue weighted by molar-refractivity contribution is 9.10. The predicted molar refractivity (Wildman–Crippen MR) is 65.0 cm³/mol. The summed E-state index contributed by atoms with van der Waals surface area (Å²) in [5.41, 5.74) is 1.12. The molecule has 0 unspecified atom stereocenters. The number of nitrogens with zero attached hydrogens (tertiary/aromatic N) is 5. The molecule has 0 saturated carbocycles. The molecule has 0 aliphatic carbocycles. The third-order valence-electron chi connectivity index (χ3n) is 2.27. The van der Waals surface area contributed by atoms with Crippen LogP contribution in [0, 0.1) is 0 Å². The zero-order chi connectivity index (χ0) is 11.5. The predicted octanol–water partition coefficient (Wildman–Crippen LogP) is 1.61. The van der Waals surface area contributed by atoms with Crippen molar-refractivity contribution < 1.29 is 0 Å². The van der Waals surface area contributed by atoms with Crippen molar-refractivity contribution in [2.45, 2.75) is 6.54 Å². The van der Waals surface area contributed by atoms with Gasteiger partial charge in [-0.3, -0.25) is 4.68 Å². The van der Waals surface area contributed by atoms with E-state index in [0.29, 0.717) is 5.95 Å². The van der Waals surface area contributed by atoms with Gasteiger partial charge in [0.2, 0.25) is 5.95 Å². The van der Waals surface area contributed by atoms with Gasteiger partial charge in [0.1, 0.15) is 0 Å². The Bertz CT molecular complexity index is 464. The second kappa shape index (κ2) is 4.61. The summed E-state index contributed by atoms with van der Waals surface area (Å²) in [7, 11) is 3.88. The standard InChI is InChI=1S/C10H12BrN5/c1-15(7-9-3-4-14-16(9)2)10-12-5-8(11)6-13-10/h3-6H,7H2,1-2H3. The van der Waals surface area contributed by atoms with Gasteiger partial charge >= 0.3 is 0 Å². The second-order valence-electron chi connectivity index (χ2n) is 3.50. The topological polar surface area (TPSA) is 46.8 Å². The summed E-state index contributed by atoms with van der Waals surface area (Å²) >= 11 is 3.31. The molecular weight excluding hydrogens is 270 g/mol. The van der Waals surface area contributed by atoms with Gasteiger partial charge in [0, 0.05) is 32.7 Å². The highest BCUT2D eigenvalue weighted by Gasteiger charge is 2.07. The zero-order valence-corrected chi connectivity index (χ0v) is 10.7. The van der Waals surface area contributed by atoms with Crippen molar-refractivity contribution in [2.75, 3.05) is 11.9 Å². The van der Waals surface area contributed by atoms with Crippen molar-refractivity contribution in [1.29, 1.82) is 0 Å². The van der Waals surface area contributed by atoms with Gasteiger partial charge in [0.15, 0.2) is 0 Å². The summed E-state index contributed by atoms with van der Waals surface area (Å²) in [5, 5.41) is 4.12. The van der Waals surface area contributed by atoms with Gasteiger partial charge in [-0.15, -0.1) is 0 Å². The van der Waals surface area contributed by atoms with Gasteiger partial charge in [-0.1, -0.05) is 0 Å². The average molecular weight is 282 g/mol. The van der Waals surface area contributed by atoms with Gasteiger partial charge in [-0.25, -0.2) is 9.97 Å². The molecule has 0 saturated heterocycles. The molecule has 0 N–H and O–H groups in total. The summed E-state index contributed by atoms with van der Waals surface area (Å²) in [5.74, 6) is 0.699. The molecule has 0 fully saturated rings. The summed E-state index contributed by atoms with van der Waals surface area (Å²) < 4.78 is 2.72. The Morgan fingerprint density at radius 2 is 2.06 bits per heavy atom. The molecule has 16 heavy (non-hydrogen) atoms. The molecular formula is C10H12BrN5. The first kappa shape index (κ1) is 11.1. The van der Waals surface area contributed by atoms with Crippen LogP contribution < -0.4 is 4.90 Å². The van der Waals surface area contributed by atoms with Crippen LogP contribution >= 0.6 is 15.9 Å². The van der Waals surface area contributed by atoms with Gasteiger partial charge in [-0.2, -0.15) is 5.10 Å². The Morgan fingerprint density at radius 3 is 2.62 bits per heavy atom. The van der Waals surface area contributed by atoms with Crippen LogP contribution in [0.4, 0.5) is 5.95 Å². The van der Waals surface area contributed by atoms with E-state index in [4.69, 9.17) is 0 Å². The maximum absolute atomic E-state index is 4.23. The monoisotopic (exact) mass is 281 g/mol. The lowest BCUT2D eigenvalue weighted by atomic mass is 10.4. The van der Waals surface area contributed by atoms with E-state index >= 15 is 0 Å². The molecule has 2 aromatic rings. The van der Waals surface area contributed by atoms with Crippen LogP contribution in [-0.2, 0) is 13.6 Å². The number of hydrogen-bond donors (Lipinski definition) is 0.